The van der Waals surface area contributed by atoms with Crippen LogP contribution < -0.4 is 5.32 Å². The summed E-state index contributed by atoms with van der Waals surface area (Å²) in [7, 11) is 2.08. The van der Waals surface area contributed by atoms with Gasteiger partial charge in [-0.2, -0.15) is 0 Å². The Morgan fingerprint density at radius 3 is 3.09 bits per heavy atom. The van der Waals surface area contributed by atoms with E-state index in [1.54, 1.807) is 6.07 Å². The van der Waals surface area contributed by atoms with E-state index in [0.717, 1.165) is 36.4 Å². The maximum atomic E-state index is 10.8. The summed E-state index contributed by atoms with van der Waals surface area (Å²) in [6, 6.07) is 8.34. The average Bonchev–Trinajstić information content (AvgIpc) is 2.52. The minimum Gasteiger partial charge on any atom is -0.374 e. The van der Waals surface area contributed by atoms with Crippen LogP contribution in [0.3, 0.4) is 0 Å². The van der Waals surface area contributed by atoms with Gasteiger partial charge in [-0.05, 0) is 25.2 Å². The summed E-state index contributed by atoms with van der Waals surface area (Å²) < 4.78 is 5.69. The lowest BCUT2D eigenvalue weighted by Crippen LogP contribution is -2.43. The maximum Gasteiger partial charge on any atom is 0.270 e. The van der Waals surface area contributed by atoms with Crippen LogP contribution in [-0.4, -0.2) is 54.2 Å². The van der Waals surface area contributed by atoms with Crippen LogP contribution in [0.2, 0.25) is 0 Å². The number of rotatable bonds is 4. The summed E-state index contributed by atoms with van der Waals surface area (Å²) in [6.45, 7) is 3.30. The normalized spacial score (nSPS) is 19.2. The smallest absolute Gasteiger partial charge is 0.270 e. The number of likely N-dealkylation sites (N-methyl/N-ethyl adjacent to an activating group) is 1. The van der Waals surface area contributed by atoms with Crippen molar-refractivity contribution in [1.82, 2.24) is 9.88 Å². The highest BCUT2D eigenvalue weighted by Crippen LogP contribution is 2.21. The van der Waals surface area contributed by atoms with Crippen LogP contribution in [0.15, 0.2) is 30.3 Å². The molecular weight excluding hydrogens is 284 g/mol. The minimum absolute atomic E-state index is 0.0775. The highest BCUT2D eigenvalue weighted by atomic mass is 16.6. The van der Waals surface area contributed by atoms with Crippen molar-refractivity contribution in [2.75, 3.05) is 38.6 Å². The largest absolute Gasteiger partial charge is 0.374 e. The van der Waals surface area contributed by atoms with E-state index in [9.17, 15) is 10.1 Å². The Morgan fingerprint density at radius 1 is 1.45 bits per heavy atom. The number of hydrogen-bond acceptors (Lipinski definition) is 6. The minimum atomic E-state index is -0.400. The van der Waals surface area contributed by atoms with Gasteiger partial charge >= 0.3 is 0 Å². The Kier molecular flexibility index (Phi) is 4.17. The van der Waals surface area contributed by atoms with Crippen LogP contribution in [-0.2, 0) is 4.74 Å². The molecule has 0 amide bonds. The lowest BCUT2D eigenvalue weighted by Gasteiger charge is -2.30. The lowest BCUT2D eigenvalue weighted by molar-refractivity contribution is -0.384. The van der Waals surface area contributed by atoms with E-state index in [4.69, 9.17) is 4.74 Å². The molecule has 1 N–H and O–H groups in total. The molecule has 2 heterocycles. The molecule has 116 valence electrons. The monoisotopic (exact) mass is 302 g/mol. The molecule has 1 unspecified atom stereocenters. The second-order valence-electron chi connectivity index (χ2n) is 5.47. The summed E-state index contributed by atoms with van der Waals surface area (Å²) in [5.74, 6) is 0.748. The van der Waals surface area contributed by atoms with Gasteiger partial charge in [0.1, 0.15) is 5.82 Å². The molecule has 0 spiro atoms. The molecule has 1 saturated heterocycles. The summed E-state index contributed by atoms with van der Waals surface area (Å²) in [4.78, 5) is 17.1. The molecule has 7 heteroatoms. The fourth-order valence-corrected chi connectivity index (χ4v) is 2.53. The van der Waals surface area contributed by atoms with Crippen molar-refractivity contribution in [3.8, 4) is 0 Å². The summed E-state index contributed by atoms with van der Waals surface area (Å²) in [6.07, 6.45) is 0.146. The van der Waals surface area contributed by atoms with E-state index in [0.29, 0.717) is 6.54 Å². The molecule has 1 aromatic carbocycles. The molecule has 0 aliphatic carbocycles. The molecule has 1 atom stereocenters. The van der Waals surface area contributed by atoms with Gasteiger partial charge in [-0.25, -0.2) is 4.98 Å². The molecule has 0 bridgehead atoms. The molecule has 7 nitrogen and oxygen atoms in total. The molecule has 1 aliphatic rings. The predicted molar refractivity (Wildman–Crippen MR) is 84.1 cm³/mol. The molecule has 0 saturated carbocycles. The summed E-state index contributed by atoms with van der Waals surface area (Å²) in [5, 5.41) is 14.8. The number of anilines is 1. The zero-order chi connectivity index (χ0) is 15.5. The van der Waals surface area contributed by atoms with Gasteiger partial charge in [0.05, 0.1) is 23.2 Å². The van der Waals surface area contributed by atoms with Gasteiger partial charge in [-0.15, -0.1) is 0 Å². The third-order valence-electron chi connectivity index (χ3n) is 3.74. The fraction of sp³-hybridized carbons (Fsp3) is 0.400. The van der Waals surface area contributed by atoms with E-state index in [2.05, 4.69) is 22.2 Å². The standard InChI is InChI=1S/C15H18N4O3/c1-18-6-7-22-13(10-18)9-16-15-5-2-11-8-12(19(20)21)3-4-14(11)17-15/h2-5,8,13H,6-7,9-10H2,1H3,(H,16,17). The Balaban J connectivity index is 1.69. The molecule has 0 radical (unpaired) electrons. The summed E-state index contributed by atoms with van der Waals surface area (Å²) >= 11 is 0. The van der Waals surface area contributed by atoms with Crippen molar-refractivity contribution in [2.24, 2.45) is 0 Å². The van der Waals surface area contributed by atoms with E-state index < -0.39 is 4.92 Å². The van der Waals surface area contributed by atoms with Crippen LogP contribution >= 0.6 is 0 Å². The number of nitro benzene ring substituents is 1. The number of ether oxygens (including phenoxy) is 1. The Hall–Kier alpha value is -2.25. The molecule has 1 aliphatic heterocycles. The Bertz CT molecular complexity index is 692. The van der Waals surface area contributed by atoms with Crippen molar-refractivity contribution in [2.45, 2.75) is 6.10 Å². The zero-order valence-corrected chi connectivity index (χ0v) is 12.4. The quantitative estimate of drug-likeness (QED) is 0.686. The van der Waals surface area contributed by atoms with E-state index in [1.807, 2.05) is 12.1 Å². The number of nitrogens with zero attached hydrogens (tertiary/aromatic N) is 3. The fourth-order valence-electron chi connectivity index (χ4n) is 2.53. The first-order valence-electron chi connectivity index (χ1n) is 7.21. The van der Waals surface area contributed by atoms with E-state index in [-0.39, 0.29) is 11.8 Å². The van der Waals surface area contributed by atoms with Gasteiger partial charge in [0, 0.05) is 37.2 Å². The van der Waals surface area contributed by atoms with Gasteiger partial charge in [0.15, 0.2) is 0 Å². The molecule has 1 aromatic heterocycles. The van der Waals surface area contributed by atoms with E-state index >= 15 is 0 Å². The number of fused-ring (bicyclic) bond motifs is 1. The number of non-ortho nitro benzene ring substituents is 1. The van der Waals surface area contributed by atoms with Crippen LogP contribution in [0.4, 0.5) is 11.5 Å². The maximum absolute atomic E-state index is 10.8. The second kappa shape index (κ2) is 6.25. The van der Waals surface area contributed by atoms with E-state index in [1.165, 1.54) is 12.1 Å². The number of aromatic nitrogens is 1. The van der Waals surface area contributed by atoms with Crippen LogP contribution in [0.25, 0.3) is 10.9 Å². The third-order valence-corrected chi connectivity index (χ3v) is 3.74. The number of benzene rings is 1. The first kappa shape index (κ1) is 14.7. The first-order chi connectivity index (χ1) is 10.6. The third kappa shape index (κ3) is 3.32. The molecule has 22 heavy (non-hydrogen) atoms. The van der Waals surface area contributed by atoms with Crippen molar-refractivity contribution >= 4 is 22.4 Å². The van der Waals surface area contributed by atoms with Gasteiger partial charge in [-0.3, -0.25) is 10.1 Å². The average molecular weight is 302 g/mol. The lowest BCUT2D eigenvalue weighted by atomic mass is 10.2. The highest BCUT2D eigenvalue weighted by Gasteiger charge is 2.17. The number of morpholine rings is 1. The van der Waals surface area contributed by atoms with Crippen LogP contribution in [0.5, 0.6) is 0 Å². The van der Waals surface area contributed by atoms with Crippen molar-refractivity contribution in [3.05, 3.63) is 40.4 Å². The SMILES string of the molecule is CN1CCOC(CNc2ccc3cc([N+](=O)[O-])ccc3n2)C1. The van der Waals surface area contributed by atoms with Gasteiger partial charge in [0.25, 0.3) is 5.69 Å². The van der Waals surface area contributed by atoms with Gasteiger partial charge < -0.3 is 15.0 Å². The van der Waals surface area contributed by atoms with Crippen LogP contribution in [0, 0.1) is 10.1 Å². The van der Waals surface area contributed by atoms with Gasteiger partial charge in [0.2, 0.25) is 0 Å². The topological polar surface area (TPSA) is 80.5 Å². The highest BCUT2D eigenvalue weighted by molar-refractivity contribution is 5.82. The molecule has 2 aromatic rings. The Labute approximate surface area is 128 Å². The molecular formula is C15H18N4O3. The second-order valence-corrected chi connectivity index (χ2v) is 5.47. The van der Waals surface area contributed by atoms with Crippen LogP contribution in [0.1, 0.15) is 0 Å². The number of nitro groups is 1. The number of hydrogen-bond donors (Lipinski definition) is 1. The number of nitrogens with one attached hydrogen (secondary N) is 1. The summed E-state index contributed by atoms with van der Waals surface area (Å²) in [5.41, 5.74) is 0.811. The number of pyridine rings is 1. The first-order valence-corrected chi connectivity index (χ1v) is 7.21. The van der Waals surface area contributed by atoms with Crippen molar-refractivity contribution in [1.29, 1.82) is 0 Å². The van der Waals surface area contributed by atoms with Gasteiger partial charge in [-0.1, -0.05) is 0 Å². The van der Waals surface area contributed by atoms with Crippen molar-refractivity contribution in [3.63, 3.8) is 0 Å². The molecule has 3 rings (SSSR count). The molecule has 1 fully saturated rings. The zero-order valence-electron chi connectivity index (χ0n) is 12.4. The Morgan fingerprint density at radius 2 is 2.32 bits per heavy atom. The van der Waals surface area contributed by atoms with Crippen molar-refractivity contribution < 1.29 is 9.66 Å². The predicted octanol–water partition coefficient (Wildman–Crippen LogP) is 1.89.